The van der Waals surface area contributed by atoms with Gasteiger partial charge >= 0.3 is 0 Å². The van der Waals surface area contributed by atoms with Crippen molar-refractivity contribution in [2.24, 2.45) is 5.18 Å². The molecule has 8 heavy (non-hydrogen) atoms. The van der Waals surface area contributed by atoms with Crippen molar-refractivity contribution in [1.82, 2.24) is 0 Å². The van der Waals surface area contributed by atoms with E-state index < -0.39 is 0 Å². The van der Waals surface area contributed by atoms with Crippen molar-refractivity contribution in [1.29, 1.82) is 0 Å². The lowest BCUT2D eigenvalue weighted by Crippen LogP contribution is -1.82. The van der Waals surface area contributed by atoms with Crippen molar-refractivity contribution in [3.05, 3.63) is 16.1 Å². The molecule has 0 atom stereocenters. The molecule has 0 radical (unpaired) electrons. The second kappa shape index (κ2) is 3.36. The molecular formula is C6H11NO. The van der Waals surface area contributed by atoms with Crippen LogP contribution in [0.1, 0.15) is 20.8 Å². The summed E-state index contributed by atoms with van der Waals surface area (Å²) in [5.74, 6) is 0. The first-order chi connectivity index (χ1) is 3.68. The average Bonchev–Trinajstić information content (AvgIpc) is 1.67. The van der Waals surface area contributed by atoms with Crippen molar-refractivity contribution < 1.29 is 0 Å². The van der Waals surface area contributed by atoms with Gasteiger partial charge in [0, 0.05) is 0 Å². The number of nitroso groups, excluding NO2 is 1. The highest BCUT2D eigenvalue weighted by atomic mass is 16.3. The third kappa shape index (κ3) is 2.50. The smallest absolute Gasteiger partial charge is 0.102 e. The Hall–Kier alpha value is -0.660. The molecule has 0 amide bonds. The zero-order valence-electron chi connectivity index (χ0n) is 5.56. The molecule has 2 nitrogen and oxygen atoms in total. The fraction of sp³-hybridized carbons (Fsp3) is 0.667. The molecule has 0 aliphatic carbocycles. The molecule has 0 unspecified atom stereocenters. The van der Waals surface area contributed by atoms with Gasteiger partial charge in [0.15, 0.2) is 0 Å². The van der Waals surface area contributed by atoms with Crippen LogP contribution in [0.25, 0.3) is 0 Å². The summed E-state index contributed by atoms with van der Waals surface area (Å²) in [7, 11) is 0. The zero-order chi connectivity index (χ0) is 6.57. The molecule has 0 aromatic rings. The summed E-state index contributed by atoms with van der Waals surface area (Å²) in [4.78, 5) is 9.64. The first-order valence-electron chi connectivity index (χ1n) is 2.60. The SMILES string of the molecule is CC(C)=C(C)CN=O. The number of hydrogen-bond acceptors (Lipinski definition) is 2. The molecule has 0 aliphatic rings. The van der Waals surface area contributed by atoms with E-state index in [4.69, 9.17) is 0 Å². The highest BCUT2D eigenvalue weighted by molar-refractivity contribution is 5.07. The van der Waals surface area contributed by atoms with Crippen LogP contribution in [-0.4, -0.2) is 6.54 Å². The summed E-state index contributed by atoms with van der Waals surface area (Å²) in [6.07, 6.45) is 0. The van der Waals surface area contributed by atoms with E-state index in [2.05, 4.69) is 5.18 Å². The number of rotatable bonds is 2. The van der Waals surface area contributed by atoms with Gasteiger partial charge in [-0.2, -0.15) is 4.91 Å². The van der Waals surface area contributed by atoms with Gasteiger partial charge < -0.3 is 0 Å². The molecule has 0 aliphatic heterocycles. The Morgan fingerprint density at radius 2 is 1.88 bits per heavy atom. The van der Waals surface area contributed by atoms with Gasteiger partial charge in [-0.05, 0) is 26.3 Å². The standard InChI is InChI=1S/C6H11NO/c1-5(2)6(3)4-7-8/h4H2,1-3H3. The fourth-order valence-corrected chi connectivity index (χ4v) is 0.255. The topological polar surface area (TPSA) is 29.4 Å². The summed E-state index contributed by atoms with van der Waals surface area (Å²) in [5, 5.41) is 2.75. The van der Waals surface area contributed by atoms with E-state index in [1.807, 2.05) is 20.8 Å². The van der Waals surface area contributed by atoms with E-state index in [-0.39, 0.29) is 0 Å². The van der Waals surface area contributed by atoms with E-state index in [0.717, 1.165) is 5.57 Å². The Morgan fingerprint density at radius 1 is 1.38 bits per heavy atom. The van der Waals surface area contributed by atoms with Gasteiger partial charge in [-0.3, -0.25) is 0 Å². The third-order valence-corrected chi connectivity index (χ3v) is 1.16. The van der Waals surface area contributed by atoms with E-state index >= 15 is 0 Å². The van der Waals surface area contributed by atoms with Crippen molar-refractivity contribution in [3.63, 3.8) is 0 Å². The van der Waals surface area contributed by atoms with Crippen molar-refractivity contribution in [2.45, 2.75) is 20.8 Å². The molecule has 0 bridgehead atoms. The molecule has 0 saturated carbocycles. The Labute approximate surface area is 49.6 Å². The van der Waals surface area contributed by atoms with Crippen LogP contribution in [0.5, 0.6) is 0 Å². The molecule has 0 heterocycles. The van der Waals surface area contributed by atoms with E-state index in [0.29, 0.717) is 6.54 Å². The molecule has 0 N–H and O–H groups in total. The minimum atomic E-state index is 0.336. The van der Waals surface area contributed by atoms with Crippen LogP contribution >= 0.6 is 0 Å². The summed E-state index contributed by atoms with van der Waals surface area (Å²) < 4.78 is 0. The van der Waals surface area contributed by atoms with Crippen molar-refractivity contribution in [3.8, 4) is 0 Å². The third-order valence-electron chi connectivity index (χ3n) is 1.16. The second-order valence-corrected chi connectivity index (χ2v) is 2.07. The average molecular weight is 113 g/mol. The Balaban J connectivity index is 3.79. The molecule has 0 aromatic heterocycles. The molecule has 0 aromatic carbocycles. The zero-order valence-corrected chi connectivity index (χ0v) is 5.56. The lowest BCUT2D eigenvalue weighted by atomic mass is 10.2. The van der Waals surface area contributed by atoms with Crippen LogP contribution in [0.3, 0.4) is 0 Å². The number of allylic oxidation sites excluding steroid dienone is 1. The summed E-state index contributed by atoms with van der Waals surface area (Å²) in [6.45, 7) is 6.19. The van der Waals surface area contributed by atoms with Crippen LogP contribution in [0.4, 0.5) is 0 Å². The molecule has 2 heteroatoms. The maximum atomic E-state index is 9.64. The Bertz CT molecular complexity index is 112. The van der Waals surface area contributed by atoms with Crippen LogP contribution < -0.4 is 0 Å². The maximum absolute atomic E-state index is 9.64. The van der Waals surface area contributed by atoms with Crippen LogP contribution in [0, 0.1) is 4.91 Å². The monoisotopic (exact) mass is 113 g/mol. The van der Waals surface area contributed by atoms with Crippen LogP contribution in [0.15, 0.2) is 16.3 Å². The molecule has 0 fully saturated rings. The normalized spacial score (nSPS) is 8.38. The van der Waals surface area contributed by atoms with Gasteiger partial charge in [0.1, 0.15) is 6.54 Å². The van der Waals surface area contributed by atoms with Crippen molar-refractivity contribution in [2.75, 3.05) is 6.54 Å². The molecule has 0 spiro atoms. The van der Waals surface area contributed by atoms with Gasteiger partial charge in [-0.15, -0.1) is 0 Å². The van der Waals surface area contributed by atoms with Gasteiger partial charge in [0.05, 0.1) is 0 Å². The number of nitrogens with zero attached hydrogens (tertiary/aromatic N) is 1. The van der Waals surface area contributed by atoms with Gasteiger partial charge in [-0.25, -0.2) is 0 Å². The van der Waals surface area contributed by atoms with Crippen LogP contribution in [0.2, 0.25) is 0 Å². The lowest BCUT2D eigenvalue weighted by molar-refractivity contribution is 1.08. The predicted molar refractivity (Wildman–Crippen MR) is 34.7 cm³/mol. The Kier molecular flexibility index (Phi) is 3.08. The summed E-state index contributed by atoms with van der Waals surface area (Å²) in [6, 6.07) is 0. The summed E-state index contributed by atoms with van der Waals surface area (Å²) in [5.41, 5.74) is 2.25. The lowest BCUT2D eigenvalue weighted by Gasteiger charge is -1.93. The molecule has 0 saturated heterocycles. The highest BCUT2D eigenvalue weighted by Gasteiger charge is 1.88. The van der Waals surface area contributed by atoms with Gasteiger partial charge in [-0.1, -0.05) is 10.7 Å². The van der Waals surface area contributed by atoms with Crippen molar-refractivity contribution >= 4 is 0 Å². The largest absolute Gasteiger partial charge is 0.150 e. The predicted octanol–water partition coefficient (Wildman–Crippen LogP) is 2.11. The fourth-order valence-electron chi connectivity index (χ4n) is 0.255. The molecule has 46 valence electrons. The van der Waals surface area contributed by atoms with E-state index in [9.17, 15) is 4.91 Å². The summed E-state index contributed by atoms with van der Waals surface area (Å²) >= 11 is 0. The minimum Gasteiger partial charge on any atom is -0.150 e. The first kappa shape index (κ1) is 7.34. The number of hydrogen-bond donors (Lipinski definition) is 0. The second-order valence-electron chi connectivity index (χ2n) is 2.07. The Morgan fingerprint density at radius 3 is 2.00 bits per heavy atom. The molecular weight excluding hydrogens is 102 g/mol. The van der Waals surface area contributed by atoms with E-state index in [1.165, 1.54) is 5.57 Å². The van der Waals surface area contributed by atoms with Crippen LogP contribution in [-0.2, 0) is 0 Å². The minimum absolute atomic E-state index is 0.336. The van der Waals surface area contributed by atoms with E-state index in [1.54, 1.807) is 0 Å². The first-order valence-corrected chi connectivity index (χ1v) is 2.60. The van der Waals surface area contributed by atoms with Gasteiger partial charge in [0.2, 0.25) is 0 Å². The molecule has 0 rings (SSSR count). The van der Waals surface area contributed by atoms with Gasteiger partial charge in [0.25, 0.3) is 0 Å². The maximum Gasteiger partial charge on any atom is 0.102 e. The quantitative estimate of drug-likeness (QED) is 0.398. The highest BCUT2D eigenvalue weighted by Crippen LogP contribution is 2.00.